The third kappa shape index (κ3) is 3.00. The van der Waals surface area contributed by atoms with E-state index in [-0.39, 0.29) is 16.7 Å². The van der Waals surface area contributed by atoms with Crippen molar-refractivity contribution in [3.8, 4) is 0 Å². The summed E-state index contributed by atoms with van der Waals surface area (Å²) in [6.45, 7) is 5.66. The van der Waals surface area contributed by atoms with Crippen molar-refractivity contribution in [2.45, 2.75) is 32.3 Å². The van der Waals surface area contributed by atoms with Crippen LogP contribution in [-0.2, 0) is 0 Å². The minimum Gasteiger partial charge on any atom is -0.166 e. The van der Waals surface area contributed by atoms with E-state index in [0.717, 1.165) is 6.08 Å². The first-order valence-electron chi connectivity index (χ1n) is 4.73. The van der Waals surface area contributed by atoms with Gasteiger partial charge < -0.3 is 0 Å². The van der Waals surface area contributed by atoms with Crippen molar-refractivity contribution in [2.75, 3.05) is 0 Å². The summed E-state index contributed by atoms with van der Waals surface area (Å²) < 4.78 is 37.4. The zero-order chi connectivity index (χ0) is 11.9. The van der Waals surface area contributed by atoms with Gasteiger partial charge in [-0.15, -0.1) is 11.6 Å². The molecule has 0 fully saturated rings. The highest BCUT2D eigenvalue weighted by Gasteiger charge is 2.38. The molecule has 0 nitrogen and oxygen atoms in total. The highest BCUT2D eigenvalue weighted by Crippen LogP contribution is 2.40. The molecule has 1 rings (SSSR count). The van der Waals surface area contributed by atoms with Gasteiger partial charge in [-0.2, -0.15) is 13.2 Å². The van der Waals surface area contributed by atoms with Crippen molar-refractivity contribution in [1.82, 2.24) is 0 Å². The molecule has 4 heteroatoms. The Morgan fingerprint density at radius 1 is 1.20 bits per heavy atom. The Morgan fingerprint density at radius 2 is 1.73 bits per heavy atom. The maximum absolute atomic E-state index is 12.5. The number of allylic oxidation sites excluding steroid dienone is 4. The third-order valence-electron chi connectivity index (χ3n) is 2.49. The minimum absolute atomic E-state index is 0.270. The van der Waals surface area contributed by atoms with Crippen LogP contribution >= 0.6 is 11.6 Å². The van der Waals surface area contributed by atoms with E-state index in [1.165, 1.54) is 12.2 Å². The quantitative estimate of drug-likeness (QED) is 0.552. The van der Waals surface area contributed by atoms with Crippen LogP contribution in [-0.4, -0.2) is 11.6 Å². The molecule has 0 spiro atoms. The normalized spacial score (nSPS) is 27.8. The van der Waals surface area contributed by atoms with Gasteiger partial charge in [-0.1, -0.05) is 39.0 Å². The predicted octanol–water partition coefficient (Wildman–Crippen LogP) is 4.31. The van der Waals surface area contributed by atoms with E-state index >= 15 is 0 Å². The van der Waals surface area contributed by atoms with E-state index in [1.54, 1.807) is 0 Å². The smallest absolute Gasteiger partial charge is 0.166 e. The first-order valence-corrected chi connectivity index (χ1v) is 5.17. The molecule has 2 atom stereocenters. The van der Waals surface area contributed by atoms with Crippen LogP contribution in [0.25, 0.3) is 0 Å². The van der Waals surface area contributed by atoms with Gasteiger partial charge >= 0.3 is 6.18 Å². The number of rotatable bonds is 0. The highest BCUT2D eigenvalue weighted by molar-refractivity contribution is 6.22. The fraction of sp³-hybridized carbons (Fsp3) is 0.636. The van der Waals surface area contributed by atoms with Gasteiger partial charge in [0.2, 0.25) is 0 Å². The van der Waals surface area contributed by atoms with Gasteiger partial charge in [-0.05, 0) is 5.41 Å². The van der Waals surface area contributed by atoms with Crippen LogP contribution in [0.15, 0.2) is 23.8 Å². The maximum atomic E-state index is 12.5. The van der Waals surface area contributed by atoms with Crippen molar-refractivity contribution < 1.29 is 13.2 Å². The fourth-order valence-corrected chi connectivity index (χ4v) is 2.10. The Bertz CT molecular complexity index is 294. The van der Waals surface area contributed by atoms with Gasteiger partial charge in [0.25, 0.3) is 0 Å². The van der Waals surface area contributed by atoms with Gasteiger partial charge in [0.15, 0.2) is 0 Å². The molecule has 0 aromatic carbocycles. The summed E-state index contributed by atoms with van der Waals surface area (Å²) in [5.74, 6) is -0.291. The molecule has 0 aromatic rings. The standard InChI is InChI=1S/C11H14ClF3/c1-10(2,3)8-6-7(11(13,14)15)4-5-9(8)12/h4-6,8-9H,1-3H3. The predicted molar refractivity (Wildman–Crippen MR) is 55.9 cm³/mol. The van der Waals surface area contributed by atoms with Gasteiger partial charge in [0, 0.05) is 5.92 Å². The van der Waals surface area contributed by atoms with Crippen molar-refractivity contribution in [2.24, 2.45) is 11.3 Å². The van der Waals surface area contributed by atoms with E-state index in [9.17, 15) is 13.2 Å². The van der Waals surface area contributed by atoms with E-state index in [1.807, 2.05) is 20.8 Å². The van der Waals surface area contributed by atoms with E-state index in [2.05, 4.69) is 0 Å². The monoisotopic (exact) mass is 238 g/mol. The summed E-state index contributed by atoms with van der Waals surface area (Å²) in [4.78, 5) is 0. The summed E-state index contributed by atoms with van der Waals surface area (Å²) in [6.07, 6.45) is -0.575. The zero-order valence-electron chi connectivity index (χ0n) is 8.90. The molecule has 2 unspecified atom stereocenters. The minimum atomic E-state index is -4.28. The van der Waals surface area contributed by atoms with E-state index in [0.29, 0.717) is 0 Å². The zero-order valence-corrected chi connectivity index (χ0v) is 9.65. The Labute approximate surface area is 92.8 Å². The number of hydrogen-bond acceptors (Lipinski definition) is 0. The Morgan fingerprint density at radius 3 is 2.13 bits per heavy atom. The molecule has 0 amide bonds. The molecule has 15 heavy (non-hydrogen) atoms. The lowest BCUT2D eigenvalue weighted by molar-refractivity contribution is -0.0891. The number of alkyl halides is 4. The third-order valence-corrected chi connectivity index (χ3v) is 2.91. The topological polar surface area (TPSA) is 0 Å². The van der Waals surface area contributed by atoms with Gasteiger partial charge in [-0.3, -0.25) is 0 Å². The van der Waals surface area contributed by atoms with Crippen LogP contribution in [0.2, 0.25) is 0 Å². The molecular weight excluding hydrogens is 225 g/mol. The van der Waals surface area contributed by atoms with Crippen LogP contribution in [0.5, 0.6) is 0 Å². The van der Waals surface area contributed by atoms with Crippen molar-refractivity contribution in [3.05, 3.63) is 23.8 Å². The van der Waals surface area contributed by atoms with Crippen LogP contribution < -0.4 is 0 Å². The van der Waals surface area contributed by atoms with Crippen LogP contribution in [0.4, 0.5) is 13.2 Å². The maximum Gasteiger partial charge on any atom is 0.416 e. The fourth-order valence-electron chi connectivity index (χ4n) is 1.57. The van der Waals surface area contributed by atoms with E-state index < -0.39 is 11.7 Å². The van der Waals surface area contributed by atoms with Crippen molar-refractivity contribution in [1.29, 1.82) is 0 Å². The molecule has 1 aliphatic rings. The summed E-state index contributed by atoms with van der Waals surface area (Å²) in [5.41, 5.74) is -0.868. The molecule has 1 aliphatic carbocycles. The SMILES string of the molecule is CC(C)(C)C1C=C(C(F)(F)F)C=CC1Cl. The molecule has 0 saturated carbocycles. The van der Waals surface area contributed by atoms with Gasteiger partial charge in [-0.25, -0.2) is 0 Å². The van der Waals surface area contributed by atoms with Gasteiger partial charge in [0.05, 0.1) is 11.0 Å². The second-order valence-corrected chi connectivity index (χ2v) is 5.32. The van der Waals surface area contributed by atoms with Crippen LogP contribution in [0.3, 0.4) is 0 Å². The van der Waals surface area contributed by atoms with Crippen LogP contribution in [0, 0.1) is 11.3 Å². The Hall–Kier alpha value is -0.440. The number of halogens is 4. The molecule has 0 aliphatic heterocycles. The Kier molecular flexibility index (Phi) is 3.24. The lowest BCUT2D eigenvalue weighted by Crippen LogP contribution is -2.30. The first-order chi connectivity index (χ1) is 6.62. The summed E-state index contributed by atoms with van der Waals surface area (Å²) in [7, 11) is 0. The molecule has 0 saturated heterocycles. The van der Waals surface area contributed by atoms with Gasteiger partial charge in [0.1, 0.15) is 0 Å². The van der Waals surface area contributed by atoms with E-state index in [4.69, 9.17) is 11.6 Å². The summed E-state index contributed by atoms with van der Waals surface area (Å²) >= 11 is 5.98. The molecule has 0 N–H and O–H groups in total. The lowest BCUT2D eigenvalue weighted by atomic mass is 9.75. The van der Waals surface area contributed by atoms with Crippen LogP contribution in [0.1, 0.15) is 20.8 Å². The Balaban J connectivity index is 3.01. The average molecular weight is 239 g/mol. The molecule has 0 aromatic heterocycles. The molecule has 0 radical (unpaired) electrons. The summed E-state index contributed by atoms with van der Waals surface area (Å²) in [6, 6.07) is 0. The van der Waals surface area contributed by atoms with Crippen molar-refractivity contribution in [3.63, 3.8) is 0 Å². The summed E-state index contributed by atoms with van der Waals surface area (Å²) in [5, 5.41) is -0.365. The molecular formula is C11H14ClF3. The highest BCUT2D eigenvalue weighted by atomic mass is 35.5. The first kappa shape index (κ1) is 12.6. The number of hydrogen-bond donors (Lipinski definition) is 0. The average Bonchev–Trinajstić information content (AvgIpc) is 2.00. The lowest BCUT2D eigenvalue weighted by Gasteiger charge is -2.33. The molecule has 86 valence electrons. The second-order valence-electron chi connectivity index (χ2n) is 4.82. The largest absolute Gasteiger partial charge is 0.416 e. The van der Waals surface area contributed by atoms with Crippen molar-refractivity contribution >= 4 is 11.6 Å². The molecule has 0 heterocycles. The molecule has 0 bridgehead atoms. The second kappa shape index (κ2) is 3.85.